The number of phenols is 1. The van der Waals surface area contributed by atoms with Crippen LogP contribution in [0.2, 0.25) is 0 Å². The number of nitrogens with one attached hydrogen (secondary N) is 2. The molecule has 0 aliphatic heterocycles. The number of hydrogen-bond acceptors (Lipinski definition) is 4. The fraction of sp³-hybridized carbons (Fsp3) is 0.375. The molecule has 0 bridgehead atoms. The molecule has 0 aliphatic carbocycles. The van der Waals surface area contributed by atoms with Crippen LogP contribution in [0.1, 0.15) is 36.8 Å². The van der Waals surface area contributed by atoms with Crippen molar-refractivity contribution < 1.29 is 14.0 Å². The van der Waals surface area contributed by atoms with Crippen LogP contribution in [-0.2, 0) is 13.1 Å². The average molecular weight is 320 g/mol. The predicted octanol–water partition coefficient (Wildman–Crippen LogP) is 2.51. The Bertz CT molecular complexity index is 682. The number of benzene rings is 1. The summed E-state index contributed by atoms with van der Waals surface area (Å²) in [5.41, 5.74) is 1.61. The van der Waals surface area contributed by atoms with Crippen molar-refractivity contribution in [1.29, 1.82) is 0 Å². The zero-order chi connectivity index (χ0) is 16.8. The molecule has 0 radical (unpaired) electrons. The van der Waals surface area contributed by atoms with Gasteiger partial charge >= 0.3 is 0 Å². The molecule has 124 valence electrons. The van der Waals surface area contributed by atoms with Gasteiger partial charge in [0.1, 0.15) is 0 Å². The van der Waals surface area contributed by atoms with Gasteiger partial charge in [0.15, 0.2) is 23.3 Å². The third kappa shape index (κ3) is 4.70. The molecule has 0 spiro atoms. The van der Waals surface area contributed by atoms with Gasteiger partial charge in [0, 0.05) is 19.7 Å². The quantitative estimate of drug-likeness (QED) is 0.582. The van der Waals surface area contributed by atoms with Crippen molar-refractivity contribution in [3.05, 3.63) is 47.1 Å². The molecule has 2 rings (SSSR count). The molecule has 0 aliphatic rings. The molecular formula is C16H21FN4O2. The van der Waals surface area contributed by atoms with Gasteiger partial charge in [-0.15, -0.1) is 0 Å². The molecule has 2 aromatic rings. The maximum Gasteiger partial charge on any atom is 0.191 e. The van der Waals surface area contributed by atoms with E-state index in [2.05, 4.69) is 20.8 Å². The lowest BCUT2D eigenvalue weighted by Gasteiger charge is -2.11. The number of rotatable bonds is 5. The van der Waals surface area contributed by atoms with Crippen molar-refractivity contribution in [2.24, 2.45) is 4.99 Å². The van der Waals surface area contributed by atoms with Gasteiger partial charge in [0.2, 0.25) is 0 Å². The first kappa shape index (κ1) is 16.8. The zero-order valence-electron chi connectivity index (χ0n) is 13.4. The normalized spacial score (nSPS) is 11.8. The van der Waals surface area contributed by atoms with Crippen molar-refractivity contribution in [1.82, 2.24) is 15.8 Å². The zero-order valence-corrected chi connectivity index (χ0v) is 13.4. The van der Waals surface area contributed by atoms with E-state index in [4.69, 9.17) is 4.52 Å². The van der Waals surface area contributed by atoms with Gasteiger partial charge in [0.25, 0.3) is 0 Å². The number of hydrogen-bond donors (Lipinski definition) is 3. The molecule has 0 unspecified atom stereocenters. The number of halogens is 1. The summed E-state index contributed by atoms with van der Waals surface area (Å²) < 4.78 is 18.5. The van der Waals surface area contributed by atoms with E-state index in [0.29, 0.717) is 36.3 Å². The van der Waals surface area contributed by atoms with Crippen LogP contribution < -0.4 is 10.6 Å². The minimum Gasteiger partial charge on any atom is -0.505 e. The fourth-order valence-electron chi connectivity index (χ4n) is 1.92. The number of aliphatic imine (C=N–C) groups is 1. The first-order valence-corrected chi connectivity index (χ1v) is 7.37. The van der Waals surface area contributed by atoms with E-state index in [-0.39, 0.29) is 5.75 Å². The number of nitrogens with zero attached hydrogens (tertiary/aromatic N) is 2. The second-order valence-electron chi connectivity index (χ2n) is 5.44. The van der Waals surface area contributed by atoms with Gasteiger partial charge in [-0.1, -0.05) is 25.1 Å². The number of aromatic nitrogens is 1. The Morgan fingerprint density at radius 2 is 2.04 bits per heavy atom. The molecule has 1 aromatic carbocycles. The van der Waals surface area contributed by atoms with E-state index in [9.17, 15) is 9.50 Å². The molecule has 7 heteroatoms. The topological polar surface area (TPSA) is 82.7 Å². The molecule has 0 atom stereocenters. The Morgan fingerprint density at radius 1 is 1.30 bits per heavy atom. The van der Waals surface area contributed by atoms with E-state index >= 15 is 0 Å². The Hall–Kier alpha value is -2.57. The molecule has 0 amide bonds. The first-order chi connectivity index (χ1) is 11.0. The molecular weight excluding hydrogens is 299 g/mol. The van der Waals surface area contributed by atoms with Gasteiger partial charge in [-0.2, -0.15) is 0 Å². The minimum absolute atomic E-state index is 0.314. The highest BCUT2D eigenvalue weighted by Gasteiger charge is 2.08. The minimum atomic E-state index is -0.643. The van der Waals surface area contributed by atoms with Crippen LogP contribution in [0.25, 0.3) is 0 Å². The molecule has 0 fully saturated rings. The largest absolute Gasteiger partial charge is 0.505 e. The van der Waals surface area contributed by atoms with Crippen LogP contribution >= 0.6 is 0 Å². The van der Waals surface area contributed by atoms with Gasteiger partial charge in [-0.25, -0.2) is 4.39 Å². The average Bonchev–Trinajstić information content (AvgIpc) is 3.00. The lowest BCUT2D eigenvalue weighted by molar-refractivity contribution is 0.372. The van der Waals surface area contributed by atoms with Crippen molar-refractivity contribution in [3.63, 3.8) is 0 Å². The van der Waals surface area contributed by atoms with Gasteiger partial charge < -0.3 is 20.3 Å². The molecule has 23 heavy (non-hydrogen) atoms. The third-order valence-corrected chi connectivity index (χ3v) is 3.29. The third-order valence-electron chi connectivity index (χ3n) is 3.29. The van der Waals surface area contributed by atoms with Crippen LogP contribution in [0.5, 0.6) is 5.75 Å². The molecule has 3 N–H and O–H groups in total. The van der Waals surface area contributed by atoms with Crippen LogP contribution in [-0.4, -0.2) is 23.3 Å². The highest BCUT2D eigenvalue weighted by Crippen LogP contribution is 2.16. The van der Waals surface area contributed by atoms with E-state index in [1.807, 2.05) is 19.9 Å². The lowest BCUT2D eigenvalue weighted by Crippen LogP contribution is -2.36. The fourth-order valence-corrected chi connectivity index (χ4v) is 1.92. The Labute approximate surface area is 134 Å². The summed E-state index contributed by atoms with van der Waals surface area (Å²) in [7, 11) is 1.65. The molecule has 1 aromatic heterocycles. The summed E-state index contributed by atoms with van der Waals surface area (Å²) in [5, 5.41) is 19.3. The highest BCUT2D eigenvalue weighted by molar-refractivity contribution is 5.79. The molecule has 6 nitrogen and oxygen atoms in total. The number of guanidine groups is 1. The van der Waals surface area contributed by atoms with Gasteiger partial charge in [-0.3, -0.25) is 4.99 Å². The Kier molecular flexibility index (Phi) is 5.56. The smallest absolute Gasteiger partial charge is 0.191 e. The predicted molar refractivity (Wildman–Crippen MR) is 85.7 cm³/mol. The second-order valence-corrected chi connectivity index (χ2v) is 5.44. The molecule has 0 saturated heterocycles. The maximum absolute atomic E-state index is 13.3. The highest BCUT2D eigenvalue weighted by atomic mass is 19.1. The molecule has 1 heterocycles. The Balaban J connectivity index is 1.86. The van der Waals surface area contributed by atoms with Crippen LogP contribution in [0.15, 0.2) is 33.8 Å². The van der Waals surface area contributed by atoms with Crippen LogP contribution in [0.4, 0.5) is 4.39 Å². The summed E-state index contributed by atoms with van der Waals surface area (Å²) in [4.78, 5) is 4.09. The summed E-state index contributed by atoms with van der Waals surface area (Å²) in [6.07, 6.45) is 0. The van der Waals surface area contributed by atoms with Crippen molar-refractivity contribution in [2.45, 2.75) is 32.9 Å². The van der Waals surface area contributed by atoms with Gasteiger partial charge in [-0.05, 0) is 23.6 Å². The van der Waals surface area contributed by atoms with Crippen molar-refractivity contribution in [2.75, 3.05) is 7.05 Å². The standard InChI is InChI=1S/C16H21FN4O2/c1-10(2)14-7-12(23-21-14)9-20-16(18-3)19-8-11-4-5-15(22)13(17)6-11/h4-7,10,22H,8-9H2,1-3H3,(H2,18,19,20). The van der Waals surface area contributed by atoms with Crippen molar-refractivity contribution in [3.8, 4) is 5.75 Å². The second kappa shape index (κ2) is 7.62. The maximum atomic E-state index is 13.3. The first-order valence-electron chi connectivity index (χ1n) is 7.37. The Morgan fingerprint density at radius 3 is 2.65 bits per heavy atom. The van der Waals surface area contributed by atoms with E-state index < -0.39 is 5.82 Å². The van der Waals surface area contributed by atoms with E-state index in [1.54, 1.807) is 13.1 Å². The summed E-state index contributed by atoms with van der Waals surface area (Å²) in [6.45, 7) is 4.92. The van der Waals surface area contributed by atoms with Crippen molar-refractivity contribution >= 4 is 5.96 Å². The lowest BCUT2D eigenvalue weighted by atomic mass is 10.1. The number of aromatic hydroxyl groups is 1. The van der Waals surface area contributed by atoms with Crippen LogP contribution in [0, 0.1) is 5.82 Å². The van der Waals surface area contributed by atoms with E-state index in [0.717, 1.165) is 5.69 Å². The summed E-state index contributed by atoms with van der Waals surface area (Å²) in [6, 6.07) is 6.15. The monoisotopic (exact) mass is 320 g/mol. The van der Waals surface area contributed by atoms with E-state index in [1.165, 1.54) is 12.1 Å². The summed E-state index contributed by atoms with van der Waals surface area (Å²) in [5.74, 6) is 0.584. The molecule has 0 saturated carbocycles. The number of phenolic OH excluding ortho intramolecular Hbond substituents is 1. The SMILES string of the molecule is CN=C(NCc1ccc(O)c(F)c1)NCc1cc(C(C)C)no1. The van der Waals surface area contributed by atoms with Gasteiger partial charge in [0.05, 0.1) is 12.2 Å². The van der Waals surface area contributed by atoms with Crippen LogP contribution in [0.3, 0.4) is 0 Å². The summed E-state index contributed by atoms with van der Waals surface area (Å²) >= 11 is 0.